The molecular formula is C36H71N2O6P. The fourth-order valence-electron chi connectivity index (χ4n) is 4.92. The fourth-order valence-corrected chi connectivity index (χ4v) is 5.64. The van der Waals surface area contributed by atoms with Crippen LogP contribution in [0.2, 0.25) is 0 Å². The maximum Gasteiger partial charge on any atom is 0.268 e. The normalized spacial score (nSPS) is 15.1. The first-order chi connectivity index (χ1) is 21.5. The molecule has 0 heterocycles. The van der Waals surface area contributed by atoms with Crippen LogP contribution in [0.15, 0.2) is 24.3 Å². The lowest BCUT2D eigenvalue weighted by atomic mass is 10.0. The monoisotopic (exact) mass is 659 g/mol. The number of allylic oxidation sites excluding steroid dienone is 3. The number of nitrogens with one attached hydrogen (secondary N) is 1. The van der Waals surface area contributed by atoms with Crippen LogP contribution in [-0.4, -0.2) is 68.5 Å². The number of phosphoric acid groups is 1. The Morgan fingerprint density at radius 2 is 1.22 bits per heavy atom. The van der Waals surface area contributed by atoms with Crippen LogP contribution >= 0.6 is 7.82 Å². The number of quaternary nitrogens is 1. The molecule has 0 rings (SSSR count). The third kappa shape index (κ3) is 31.4. The molecule has 8 nitrogen and oxygen atoms in total. The smallest absolute Gasteiger partial charge is 0.268 e. The van der Waals surface area contributed by atoms with Crippen molar-refractivity contribution in [3.05, 3.63) is 24.3 Å². The minimum atomic E-state index is -4.58. The second kappa shape index (κ2) is 29.1. The Labute approximate surface area is 277 Å². The van der Waals surface area contributed by atoms with Gasteiger partial charge in [0.05, 0.1) is 39.9 Å². The summed E-state index contributed by atoms with van der Waals surface area (Å²) in [5.41, 5.74) is 0. The molecule has 0 aliphatic carbocycles. The van der Waals surface area contributed by atoms with Crippen molar-refractivity contribution < 1.29 is 32.9 Å². The first kappa shape index (κ1) is 44.0. The summed E-state index contributed by atoms with van der Waals surface area (Å²) in [7, 11) is 1.24. The Hall–Kier alpha value is -1.02. The molecule has 2 N–H and O–H groups in total. The summed E-state index contributed by atoms with van der Waals surface area (Å²) in [4.78, 5) is 25.0. The van der Waals surface area contributed by atoms with Gasteiger partial charge in [-0.15, -0.1) is 0 Å². The highest BCUT2D eigenvalue weighted by atomic mass is 31.2. The molecule has 0 saturated heterocycles. The van der Waals surface area contributed by atoms with Crippen molar-refractivity contribution in [3.63, 3.8) is 0 Å². The van der Waals surface area contributed by atoms with Crippen molar-refractivity contribution in [2.45, 2.75) is 161 Å². The summed E-state index contributed by atoms with van der Waals surface area (Å²) in [6.07, 6.45) is 30.9. The van der Waals surface area contributed by atoms with Crippen LogP contribution in [-0.2, 0) is 18.4 Å². The average Bonchev–Trinajstić information content (AvgIpc) is 2.97. The van der Waals surface area contributed by atoms with E-state index in [1.165, 1.54) is 89.9 Å². The number of phosphoric ester groups is 1. The molecule has 0 fully saturated rings. The first-order valence-corrected chi connectivity index (χ1v) is 19.7. The minimum Gasteiger partial charge on any atom is -0.756 e. The average molecular weight is 659 g/mol. The summed E-state index contributed by atoms with van der Waals surface area (Å²) >= 11 is 0. The number of likely N-dealkylation sites (N-methyl/N-ethyl adjacent to an activating group) is 1. The summed E-state index contributed by atoms with van der Waals surface area (Å²) in [5.74, 6) is -0.236. The van der Waals surface area contributed by atoms with Gasteiger partial charge in [0.15, 0.2) is 0 Å². The topological polar surface area (TPSA) is 108 Å². The van der Waals surface area contributed by atoms with Gasteiger partial charge in [-0.25, -0.2) is 0 Å². The summed E-state index contributed by atoms with van der Waals surface area (Å²) < 4.78 is 23.0. The van der Waals surface area contributed by atoms with Crippen molar-refractivity contribution in [1.82, 2.24) is 5.32 Å². The van der Waals surface area contributed by atoms with Gasteiger partial charge in [0.1, 0.15) is 13.2 Å². The Bertz CT molecular complexity index is 799. The zero-order chi connectivity index (χ0) is 33.7. The predicted octanol–water partition coefficient (Wildman–Crippen LogP) is 8.38. The third-order valence-corrected chi connectivity index (χ3v) is 8.87. The minimum absolute atomic E-state index is 0.00503. The van der Waals surface area contributed by atoms with Gasteiger partial charge in [-0.05, 0) is 38.5 Å². The van der Waals surface area contributed by atoms with Crippen LogP contribution in [0.25, 0.3) is 0 Å². The van der Waals surface area contributed by atoms with Crippen molar-refractivity contribution in [2.75, 3.05) is 40.9 Å². The zero-order valence-electron chi connectivity index (χ0n) is 29.8. The molecule has 0 saturated carbocycles. The standard InChI is InChI=1S/C36H71N2O6P/c1-6-8-10-12-14-16-17-18-19-20-22-23-25-27-29-35(39)34(33-44-45(41,42)43-32-31-38(3,4)5)37-36(40)30-28-26-24-21-15-13-11-9-7-2/h21,24,27,29,34-35,39H,6-20,22-23,25-26,28,30-33H2,1-5H3,(H-,37,40,41,42)/b24-21-,29-27+. The molecule has 0 aromatic heterocycles. The van der Waals surface area contributed by atoms with Gasteiger partial charge in [-0.1, -0.05) is 128 Å². The van der Waals surface area contributed by atoms with Gasteiger partial charge in [-0.3, -0.25) is 9.36 Å². The number of amides is 1. The lowest BCUT2D eigenvalue weighted by Gasteiger charge is -2.29. The number of rotatable bonds is 32. The van der Waals surface area contributed by atoms with Gasteiger partial charge < -0.3 is 28.8 Å². The number of carbonyl (C=O) groups is 1. The van der Waals surface area contributed by atoms with Crippen LogP contribution in [0.5, 0.6) is 0 Å². The number of nitrogens with zero attached hydrogens (tertiary/aromatic N) is 1. The molecule has 0 aliphatic heterocycles. The van der Waals surface area contributed by atoms with Crippen LogP contribution in [0, 0.1) is 0 Å². The van der Waals surface area contributed by atoms with E-state index < -0.39 is 26.6 Å². The van der Waals surface area contributed by atoms with E-state index in [1.54, 1.807) is 6.08 Å². The van der Waals surface area contributed by atoms with E-state index in [-0.39, 0.29) is 12.5 Å². The first-order valence-electron chi connectivity index (χ1n) is 18.2. The molecule has 0 radical (unpaired) electrons. The highest BCUT2D eigenvalue weighted by Crippen LogP contribution is 2.38. The quantitative estimate of drug-likeness (QED) is 0.0325. The Kier molecular flexibility index (Phi) is 28.5. The zero-order valence-corrected chi connectivity index (χ0v) is 30.7. The molecule has 0 aromatic carbocycles. The maximum absolute atomic E-state index is 12.7. The molecular weight excluding hydrogens is 587 g/mol. The number of unbranched alkanes of at least 4 members (excludes halogenated alkanes) is 17. The van der Waals surface area contributed by atoms with Gasteiger partial charge in [0.2, 0.25) is 5.91 Å². The number of hydrogen-bond donors (Lipinski definition) is 2. The van der Waals surface area contributed by atoms with Crippen LogP contribution in [0.4, 0.5) is 0 Å². The predicted molar refractivity (Wildman–Crippen MR) is 187 cm³/mol. The molecule has 45 heavy (non-hydrogen) atoms. The number of hydrogen-bond acceptors (Lipinski definition) is 6. The lowest BCUT2D eigenvalue weighted by molar-refractivity contribution is -0.870. The summed E-state index contributed by atoms with van der Waals surface area (Å²) in [5, 5.41) is 13.6. The molecule has 0 aromatic rings. The molecule has 0 spiro atoms. The van der Waals surface area contributed by atoms with Crippen molar-refractivity contribution >= 4 is 13.7 Å². The molecule has 0 bridgehead atoms. The molecule has 1 amide bonds. The largest absolute Gasteiger partial charge is 0.756 e. The fraction of sp³-hybridized carbons (Fsp3) is 0.861. The molecule has 3 unspecified atom stereocenters. The highest BCUT2D eigenvalue weighted by molar-refractivity contribution is 7.45. The van der Waals surface area contributed by atoms with E-state index in [2.05, 4.69) is 31.3 Å². The molecule has 0 aliphatic rings. The van der Waals surface area contributed by atoms with E-state index in [4.69, 9.17) is 9.05 Å². The molecule has 9 heteroatoms. The van der Waals surface area contributed by atoms with E-state index in [9.17, 15) is 19.4 Å². The van der Waals surface area contributed by atoms with E-state index in [0.29, 0.717) is 23.9 Å². The Balaban J connectivity index is 4.60. The Morgan fingerprint density at radius 1 is 0.756 bits per heavy atom. The van der Waals surface area contributed by atoms with Crippen molar-refractivity contribution in [1.29, 1.82) is 0 Å². The summed E-state index contributed by atoms with van der Waals surface area (Å²) in [6, 6.07) is -0.894. The molecule has 266 valence electrons. The van der Waals surface area contributed by atoms with E-state index >= 15 is 0 Å². The number of aliphatic hydroxyl groups excluding tert-OH is 1. The van der Waals surface area contributed by atoms with Gasteiger partial charge in [-0.2, -0.15) is 0 Å². The second-order valence-corrected chi connectivity index (χ2v) is 15.0. The van der Waals surface area contributed by atoms with Gasteiger partial charge in [0.25, 0.3) is 7.82 Å². The SMILES string of the molecule is CCCCCC/C=C\CCCC(=O)NC(COP(=O)([O-])OCC[N+](C)(C)C)C(O)/C=C/CCCCCCCCCCCCCC. The highest BCUT2D eigenvalue weighted by Gasteiger charge is 2.23. The number of aliphatic hydroxyl groups is 1. The van der Waals surface area contributed by atoms with Crippen molar-refractivity contribution in [3.8, 4) is 0 Å². The Morgan fingerprint density at radius 3 is 1.76 bits per heavy atom. The summed E-state index contributed by atoms with van der Waals surface area (Å²) in [6.45, 7) is 4.55. The van der Waals surface area contributed by atoms with E-state index in [0.717, 1.165) is 32.1 Å². The van der Waals surface area contributed by atoms with Crippen LogP contribution in [0.3, 0.4) is 0 Å². The van der Waals surface area contributed by atoms with Crippen LogP contribution in [0.1, 0.15) is 149 Å². The third-order valence-electron chi connectivity index (χ3n) is 7.91. The van der Waals surface area contributed by atoms with Crippen molar-refractivity contribution in [2.24, 2.45) is 0 Å². The number of carbonyl (C=O) groups excluding carboxylic acids is 1. The second-order valence-electron chi connectivity index (χ2n) is 13.6. The maximum atomic E-state index is 12.7. The van der Waals surface area contributed by atoms with Gasteiger partial charge >= 0.3 is 0 Å². The molecule has 3 atom stereocenters. The van der Waals surface area contributed by atoms with E-state index in [1.807, 2.05) is 27.2 Å². The van der Waals surface area contributed by atoms with Gasteiger partial charge in [0, 0.05) is 6.42 Å². The van der Waals surface area contributed by atoms with Crippen LogP contribution < -0.4 is 10.2 Å². The lowest BCUT2D eigenvalue weighted by Crippen LogP contribution is -2.45.